The highest BCUT2D eigenvalue weighted by atomic mass is 35.5. The number of nitrogens with zero attached hydrogens (tertiary/aromatic N) is 2. The average molecular weight is 274 g/mol. The minimum Gasteiger partial charge on any atom is -0.396 e. The van der Waals surface area contributed by atoms with E-state index < -0.39 is 4.92 Å². The molecule has 7 heteroatoms. The van der Waals surface area contributed by atoms with Crippen molar-refractivity contribution in [3.63, 3.8) is 0 Å². The van der Waals surface area contributed by atoms with Gasteiger partial charge in [-0.1, -0.05) is 25.4 Å². The zero-order valence-electron chi connectivity index (χ0n) is 10.3. The smallest absolute Gasteiger partial charge is 0.289 e. The minimum atomic E-state index is -0.543. The van der Waals surface area contributed by atoms with E-state index in [1.165, 1.54) is 6.07 Å². The fourth-order valence-electron chi connectivity index (χ4n) is 1.37. The lowest BCUT2D eigenvalue weighted by Crippen LogP contribution is -2.24. The Balaban J connectivity index is 2.71. The van der Waals surface area contributed by atoms with Crippen LogP contribution in [0.15, 0.2) is 12.3 Å². The number of anilines is 1. The first-order valence-corrected chi connectivity index (χ1v) is 5.88. The molecule has 0 aliphatic rings. The second kappa shape index (κ2) is 5.97. The summed E-state index contributed by atoms with van der Waals surface area (Å²) in [5.41, 5.74) is -0.248. The molecule has 0 unspecified atom stereocenters. The molecule has 0 fully saturated rings. The highest BCUT2D eigenvalue weighted by Gasteiger charge is 2.18. The number of nitrogens with one attached hydrogen (secondary N) is 1. The first kappa shape index (κ1) is 14.7. The Bertz CT molecular complexity index is 438. The van der Waals surface area contributed by atoms with Gasteiger partial charge in [0.1, 0.15) is 12.0 Å². The van der Waals surface area contributed by atoms with Crippen LogP contribution >= 0.6 is 11.6 Å². The van der Waals surface area contributed by atoms with Crippen molar-refractivity contribution in [1.82, 2.24) is 4.98 Å². The Labute approximate surface area is 110 Å². The second-order valence-corrected chi connectivity index (χ2v) is 5.18. The maximum Gasteiger partial charge on any atom is 0.289 e. The molecule has 0 aliphatic carbocycles. The van der Waals surface area contributed by atoms with E-state index in [2.05, 4.69) is 10.3 Å². The molecule has 1 aromatic heterocycles. The van der Waals surface area contributed by atoms with Gasteiger partial charge < -0.3 is 10.4 Å². The van der Waals surface area contributed by atoms with E-state index in [4.69, 9.17) is 16.7 Å². The zero-order chi connectivity index (χ0) is 13.8. The van der Waals surface area contributed by atoms with E-state index in [1.807, 2.05) is 13.8 Å². The Morgan fingerprint density at radius 2 is 2.28 bits per heavy atom. The fraction of sp³-hybridized carbons (Fsp3) is 0.545. The summed E-state index contributed by atoms with van der Waals surface area (Å²) >= 11 is 5.90. The number of rotatable bonds is 6. The molecular formula is C11H16ClN3O3. The van der Waals surface area contributed by atoms with Crippen molar-refractivity contribution < 1.29 is 10.0 Å². The number of aromatic nitrogens is 1. The second-order valence-electron chi connectivity index (χ2n) is 4.77. The maximum absolute atomic E-state index is 10.5. The van der Waals surface area contributed by atoms with E-state index in [1.54, 1.807) is 0 Å². The molecule has 1 aromatic rings. The number of aliphatic hydroxyl groups excluding tert-OH is 1. The van der Waals surface area contributed by atoms with Crippen LogP contribution in [0.5, 0.6) is 0 Å². The summed E-state index contributed by atoms with van der Waals surface area (Å²) in [6.45, 7) is 4.67. The minimum absolute atomic E-state index is 0.107. The molecule has 0 spiro atoms. The third-order valence-corrected chi connectivity index (χ3v) is 2.85. The van der Waals surface area contributed by atoms with Gasteiger partial charge in [0.05, 0.1) is 9.95 Å². The van der Waals surface area contributed by atoms with Crippen molar-refractivity contribution >= 4 is 23.1 Å². The van der Waals surface area contributed by atoms with Crippen molar-refractivity contribution in [2.24, 2.45) is 5.41 Å². The van der Waals surface area contributed by atoms with Crippen LogP contribution in [0.3, 0.4) is 0 Å². The highest BCUT2D eigenvalue weighted by Crippen LogP contribution is 2.26. The third-order valence-electron chi connectivity index (χ3n) is 2.56. The predicted octanol–water partition coefficient (Wildman–Crippen LogP) is 2.46. The third kappa shape index (κ3) is 4.12. The molecule has 0 amide bonds. The molecule has 2 N–H and O–H groups in total. The van der Waals surface area contributed by atoms with Crippen LogP contribution in [0.25, 0.3) is 0 Å². The van der Waals surface area contributed by atoms with Crippen LogP contribution in [-0.2, 0) is 0 Å². The summed E-state index contributed by atoms with van der Waals surface area (Å²) in [6, 6.07) is 1.26. The molecule has 1 rings (SSSR count). The standard InChI is InChI=1S/C11H16ClN3O3/c1-11(2,3-4-16)7-14-10-9(12)5-8(6-13-10)15(17)18/h5-6,16H,3-4,7H2,1-2H3,(H,13,14). The van der Waals surface area contributed by atoms with Gasteiger partial charge in [-0.05, 0) is 11.8 Å². The molecule has 0 bridgehead atoms. The maximum atomic E-state index is 10.5. The Morgan fingerprint density at radius 1 is 1.61 bits per heavy atom. The van der Waals surface area contributed by atoms with Crippen LogP contribution in [-0.4, -0.2) is 28.2 Å². The summed E-state index contributed by atoms with van der Waals surface area (Å²) in [7, 11) is 0. The quantitative estimate of drug-likeness (QED) is 0.614. The molecular weight excluding hydrogens is 258 g/mol. The number of halogens is 1. The van der Waals surface area contributed by atoms with Crippen LogP contribution in [0.1, 0.15) is 20.3 Å². The fourth-order valence-corrected chi connectivity index (χ4v) is 1.60. The van der Waals surface area contributed by atoms with Gasteiger partial charge in [0.2, 0.25) is 0 Å². The van der Waals surface area contributed by atoms with E-state index >= 15 is 0 Å². The van der Waals surface area contributed by atoms with Crippen LogP contribution in [0, 0.1) is 15.5 Å². The van der Waals surface area contributed by atoms with Crippen molar-refractivity contribution in [2.75, 3.05) is 18.5 Å². The molecule has 1 heterocycles. The molecule has 0 atom stereocenters. The summed E-state index contributed by atoms with van der Waals surface area (Å²) in [4.78, 5) is 13.9. The zero-order valence-corrected chi connectivity index (χ0v) is 11.1. The first-order valence-electron chi connectivity index (χ1n) is 5.50. The molecule has 0 saturated heterocycles. The van der Waals surface area contributed by atoms with Gasteiger partial charge in [0, 0.05) is 19.2 Å². The molecule has 0 aromatic carbocycles. The Kier molecular flexibility index (Phi) is 4.86. The van der Waals surface area contributed by atoms with Gasteiger partial charge in [-0.3, -0.25) is 10.1 Å². The van der Waals surface area contributed by atoms with Gasteiger partial charge in [-0.25, -0.2) is 4.98 Å². The lowest BCUT2D eigenvalue weighted by atomic mass is 9.90. The number of hydrogen-bond donors (Lipinski definition) is 2. The number of nitro groups is 1. The van der Waals surface area contributed by atoms with Crippen LogP contribution < -0.4 is 5.32 Å². The van der Waals surface area contributed by atoms with E-state index in [-0.39, 0.29) is 22.7 Å². The number of pyridine rings is 1. The van der Waals surface area contributed by atoms with Crippen molar-refractivity contribution in [2.45, 2.75) is 20.3 Å². The summed E-state index contributed by atoms with van der Waals surface area (Å²) in [6.07, 6.45) is 1.80. The van der Waals surface area contributed by atoms with Crippen LogP contribution in [0.4, 0.5) is 11.5 Å². The lowest BCUT2D eigenvalue weighted by Gasteiger charge is -2.24. The topological polar surface area (TPSA) is 88.3 Å². The molecule has 100 valence electrons. The van der Waals surface area contributed by atoms with Gasteiger partial charge in [-0.15, -0.1) is 0 Å². The monoisotopic (exact) mass is 273 g/mol. The summed E-state index contributed by atoms with van der Waals surface area (Å²) in [5, 5.41) is 22.7. The molecule has 0 aliphatic heterocycles. The lowest BCUT2D eigenvalue weighted by molar-refractivity contribution is -0.385. The van der Waals surface area contributed by atoms with Crippen molar-refractivity contribution in [3.8, 4) is 0 Å². The number of aliphatic hydroxyl groups is 1. The molecule has 6 nitrogen and oxygen atoms in total. The number of hydrogen-bond acceptors (Lipinski definition) is 5. The Hall–Kier alpha value is -1.40. The van der Waals surface area contributed by atoms with Gasteiger partial charge in [0.15, 0.2) is 0 Å². The SMILES string of the molecule is CC(C)(CCO)CNc1ncc([N+](=O)[O-])cc1Cl. The normalized spacial score (nSPS) is 11.3. The summed E-state index contributed by atoms with van der Waals surface area (Å²) < 4.78 is 0. The van der Waals surface area contributed by atoms with Gasteiger partial charge in [-0.2, -0.15) is 0 Å². The average Bonchev–Trinajstić information content (AvgIpc) is 2.27. The molecule has 18 heavy (non-hydrogen) atoms. The largest absolute Gasteiger partial charge is 0.396 e. The van der Waals surface area contributed by atoms with E-state index in [0.29, 0.717) is 18.8 Å². The summed E-state index contributed by atoms with van der Waals surface area (Å²) in [5.74, 6) is 0.410. The first-order chi connectivity index (χ1) is 8.35. The van der Waals surface area contributed by atoms with Gasteiger partial charge >= 0.3 is 0 Å². The highest BCUT2D eigenvalue weighted by molar-refractivity contribution is 6.33. The van der Waals surface area contributed by atoms with Gasteiger partial charge in [0.25, 0.3) is 5.69 Å². The molecule has 0 saturated carbocycles. The Morgan fingerprint density at radius 3 is 2.78 bits per heavy atom. The van der Waals surface area contributed by atoms with Crippen LogP contribution in [0.2, 0.25) is 5.02 Å². The van der Waals surface area contributed by atoms with Crippen molar-refractivity contribution in [3.05, 3.63) is 27.4 Å². The van der Waals surface area contributed by atoms with Crippen molar-refractivity contribution in [1.29, 1.82) is 0 Å². The van der Waals surface area contributed by atoms with E-state index in [9.17, 15) is 10.1 Å². The van der Waals surface area contributed by atoms with E-state index in [0.717, 1.165) is 6.20 Å². The predicted molar refractivity (Wildman–Crippen MR) is 69.9 cm³/mol. The molecule has 0 radical (unpaired) electrons.